The lowest BCUT2D eigenvalue weighted by molar-refractivity contribution is 0.0830. The zero-order valence-corrected chi connectivity index (χ0v) is 23.1. The van der Waals surface area contributed by atoms with E-state index in [0.29, 0.717) is 39.5 Å². The number of fused-ring (bicyclic) bond motifs is 1. The number of hydrogen-bond donors (Lipinski definition) is 2. The van der Waals surface area contributed by atoms with Crippen LogP contribution in [0, 0.1) is 20.8 Å². The van der Waals surface area contributed by atoms with Crippen LogP contribution in [0.25, 0.3) is 22.3 Å². The van der Waals surface area contributed by atoms with Gasteiger partial charge >= 0.3 is 6.16 Å². The van der Waals surface area contributed by atoms with Gasteiger partial charge in [-0.25, -0.2) is 23.3 Å². The topological polar surface area (TPSA) is 182 Å². The highest BCUT2D eigenvalue weighted by atomic mass is 32.2. The smallest absolute Gasteiger partial charge is 0.497 e. The fourth-order valence-corrected chi connectivity index (χ4v) is 4.70. The second-order valence-corrected chi connectivity index (χ2v) is 10.1. The van der Waals surface area contributed by atoms with Crippen molar-refractivity contribution in [2.75, 3.05) is 27.4 Å². The van der Waals surface area contributed by atoms with E-state index in [1.165, 1.54) is 27.2 Å². The van der Waals surface area contributed by atoms with Gasteiger partial charge in [-0.1, -0.05) is 0 Å². The number of nitrogens with zero attached hydrogens (tertiary/aromatic N) is 1. The van der Waals surface area contributed by atoms with Gasteiger partial charge in [-0.05, 0) is 44.0 Å². The molecule has 0 saturated heterocycles. The molecule has 2 aromatic carbocycles. The van der Waals surface area contributed by atoms with Crippen LogP contribution in [0.15, 0.2) is 44.6 Å². The van der Waals surface area contributed by atoms with Gasteiger partial charge in [0.1, 0.15) is 47.4 Å². The Morgan fingerprint density at radius 2 is 1.70 bits per heavy atom. The van der Waals surface area contributed by atoms with Gasteiger partial charge in [0.2, 0.25) is 0 Å². The molecular weight excluding hydrogens is 546 g/mol. The zero-order chi connectivity index (χ0) is 29.2. The number of aryl methyl sites for hydroxylation is 3. The van der Waals surface area contributed by atoms with Crippen molar-refractivity contribution in [2.45, 2.75) is 25.9 Å². The second kappa shape index (κ2) is 11.3. The van der Waals surface area contributed by atoms with Crippen LogP contribution < -0.4 is 29.6 Å². The first-order valence-corrected chi connectivity index (χ1v) is 13.3. The Labute approximate surface area is 228 Å². The van der Waals surface area contributed by atoms with E-state index in [0.717, 1.165) is 11.1 Å². The Balaban J connectivity index is 1.45. The van der Waals surface area contributed by atoms with Crippen molar-refractivity contribution in [3.8, 4) is 34.4 Å². The van der Waals surface area contributed by atoms with Crippen LogP contribution in [0.2, 0.25) is 0 Å². The van der Waals surface area contributed by atoms with Gasteiger partial charge < -0.3 is 33.1 Å². The molecule has 4 rings (SSSR count). The summed E-state index contributed by atoms with van der Waals surface area (Å²) in [7, 11) is -1.26. The van der Waals surface area contributed by atoms with Gasteiger partial charge in [0, 0.05) is 23.8 Å². The molecule has 0 amide bonds. The summed E-state index contributed by atoms with van der Waals surface area (Å²) in [6.07, 6.45) is -1.15. The standard InChI is InChI=1S/C26H27N3O10S/c1-13-8-16(23-28-18-11-17(34-4)12-19(35-5)21(18)24(30)29-23)9-14(2)22(13)36-6-7-37-26(31)39-20-10-15(3)38-25(20)40(27,32)33/h8-12H,6-7H2,1-5H3,(H2,27,32,33)(H,28,29,30). The van der Waals surface area contributed by atoms with Crippen molar-refractivity contribution in [2.24, 2.45) is 5.14 Å². The Kier molecular flexibility index (Phi) is 8.02. The van der Waals surface area contributed by atoms with Crippen molar-refractivity contribution >= 4 is 27.1 Å². The molecule has 0 unspecified atom stereocenters. The monoisotopic (exact) mass is 573 g/mol. The summed E-state index contributed by atoms with van der Waals surface area (Å²) in [5.74, 6) is 1.57. The summed E-state index contributed by atoms with van der Waals surface area (Å²) >= 11 is 0. The van der Waals surface area contributed by atoms with E-state index >= 15 is 0 Å². The van der Waals surface area contributed by atoms with Crippen LogP contribution in [0.5, 0.6) is 23.0 Å². The second-order valence-electron chi connectivity index (χ2n) is 8.68. The number of rotatable bonds is 9. The molecule has 40 heavy (non-hydrogen) atoms. The Morgan fingerprint density at radius 1 is 1.00 bits per heavy atom. The largest absolute Gasteiger partial charge is 0.514 e. The normalized spacial score (nSPS) is 11.3. The summed E-state index contributed by atoms with van der Waals surface area (Å²) in [5.41, 5.74) is 2.20. The van der Waals surface area contributed by atoms with Crippen LogP contribution in [0.1, 0.15) is 16.9 Å². The number of ether oxygens (including phenoxy) is 5. The molecular formula is C26H27N3O10S. The van der Waals surface area contributed by atoms with E-state index in [1.54, 1.807) is 24.3 Å². The SMILES string of the molecule is COc1cc(OC)c2c(=O)[nH]c(-c3cc(C)c(OCCOC(=O)Oc4cc(C)oc4S(N)(=O)=O)c(C)c3)nc2c1. The lowest BCUT2D eigenvalue weighted by atomic mass is 10.0. The number of carbonyl (C=O) groups is 1. The molecule has 14 heteroatoms. The van der Waals surface area contributed by atoms with Crippen LogP contribution in [-0.2, 0) is 14.8 Å². The molecule has 0 atom stereocenters. The van der Waals surface area contributed by atoms with Crippen LogP contribution in [0.4, 0.5) is 4.79 Å². The molecule has 2 aromatic heterocycles. The molecule has 2 heterocycles. The molecule has 4 aromatic rings. The summed E-state index contributed by atoms with van der Waals surface area (Å²) in [4.78, 5) is 32.3. The van der Waals surface area contributed by atoms with Crippen molar-refractivity contribution in [3.63, 3.8) is 0 Å². The van der Waals surface area contributed by atoms with Crippen LogP contribution in [0.3, 0.4) is 0 Å². The number of H-pyrrole nitrogens is 1. The number of nitrogens with one attached hydrogen (secondary N) is 1. The van der Waals surface area contributed by atoms with Gasteiger partial charge in [0.15, 0.2) is 5.75 Å². The summed E-state index contributed by atoms with van der Waals surface area (Å²) in [6.45, 7) is 4.90. The van der Waals surface area contributed by atoms with Gasteiger partial charge in [0.05, 0.1) is 19.7 Å². The zero-order valence-electron chi connectivity index (χ0n) is 22.3. The van der Waals surface area contributed by atoms with E-state index < -0.39 is 21.3 Å². The third kappa shape index (κ3) is 6.02. The molecule has 0 aliphatic carbocycles. The van der Waals surface area contributed by atoms with E-state index in [2.05, 4.69) is 9.97 Å². The Hall–Kier alpha value is -4.56. The summed E-state index contributed by atoms with van der Waals surface area (Å²) in [5, 5.41) is 4.69. The number of aromatic amines is 1. The Bertz CT molecular complexity index is 1740. The average Bonchev–Trinajstić information content (AvgIpc) is 3.26. The van der Waals surface area contributed by atoms with Gasteiger partial charge in [0.25, 0.3) is 20.7 Å². The molecule has 0 radical (unpaired) electrons. The first-order chi connectivity index (χ1) is 18.9. The fraction of sp³-hybridized carbons (Fsp3) is 0.269. The van der Waals surface area contributed by atoms with Crippen LogP contribution >= 0.6 is 0 Å². The number of primary sulfonamides is 1. The predicted octanol–water partition coefficient (Wildman–Crippen LogP) is 3.37. The van der Waals surface area contributed by atoms with E-state index in [-0.39, 0.29) is 30.3 Å². The lowest BCUT2D eigenvalue weighted by Gasteiger charge is -2.14. The number of benzene rings is 2. The van der Waals surface area contributed by atoms with E-state index in [9.17, 15) is 18.0 Å². The molecule has 0 aliphatic rings. The van der Waals surface area contributed by atoms with Gasteiger partial charge in [-0.3, -0.25) is 4.79 Å². The molecule has 0 spiro atoms. The summed E-state index contributed by atoms with van der Waals surface area (Å²) in [6, 6.07) is 8.08. The third-order valence-electron chi connectivity index (χ3n) is 5.73. The minimum Gasteiger partial charge on any atom is -0.497 e. The van der Waals surface area contributed by atoms with Crippen molar-refractivity contribution in [3.05, 3.63) is 57.6 Å². The number of sulfonamides is 1. The Morgan fingerprint density at radius 3 is 2.33 bits per heavy atom. The van der Waals surface area contributed by atoms with E-state index in [1.807, 2.05) is 13.8 Å². The quantitative estimate of drug-likeness (QED) is 0.221. The first kappa shape index (κ1) is 28.4. The number of hydrogen-bond acceptors (Lipinski definition) is 11. The highest BCUT2D eigenvalue weighted by Gasteiger charge is 2.24. The lowest BCUT2D eigenvalue weighted by Crippen LogP contribution is -2.18. The number of carbonyl (C=O) groups excluding carboxylic acids is 1. The molecule has 0 saturated carbocycles. The molecule has 0 fully saturated rings. The van der Waals surface area contributed by atoms with Crippen molar-refractivity contribution in [1.29, 1.82) is 0 Å². The van der Waals surface area contributed by atoms with Crippen LogP contribution in [-0.4, -0.2) is 52.0 Å². The molecule has 212 valence electrons. The molecule has 0 aliphatic heterocycles. The van der Waals surface area contributed by atoms with E-state index in [4.69, 9.17) is 33.2 Å². The maximum Gasteiger partial charge on any atom is 0.514 e. The molecule has 3 N–H and O–H groups in total. The molecule has 0 bridgehead atoms. The molecule has 13 nitrogen and oxygen atoms in total. The highest BCUT2D eigenvalue weighted by Crippen LogP contribution is 2.32. The average molecular weight is 574 g/mol. The maximum atomic E-state index is 12.9. The number of aromatic nitrogens is 2. The van der Waals surface area contributed by atoms with Gasteiger partial charge in [-0.2, -0.15) is 0 Å². The van der Waals surface area contributed by atoms with Crippen molar-refractivity contribution < 1.29 is 41.3 Å². The minimum atomic E-state index is -4.23. The third-order valence-corrected chi connectivity index (χ3v) is 6.53. The predicted molar refractivity (Wildman–Crippen MR) is 143 cm³/mol. The first-order valence-electron chi connectivity index (χ1n) is 11.8. The van der Waals surface area contributed by atoms with Crippen molar-refractivity contribution in [1.82, 2.24) is 9.97 Å². The number of furan rings is 1. The number of nitrogens with two attached hydrogens (primary N) is 1. The minimum absolute atomic E-state index is 0.0206. The summed E-state index contributed by atoms with van der Waals surface area (Å²) < 4.78 is 54.4. The highest BCUT2D eigenvalue weighted by molar-refractivity contribution is 7.89. The number of methoxy groups -OCH3 is 2. The van der Waals surface area contributed by atoms with Gasteiger partial charge in [-0.15, -0.1) is 0 Å². The maximum absolute atomic E-state index is 12.9. The fourth-order valence-electron chi connectivity index (χ4n) is 4.07.